The first-order chi connectivity index (χ1) is 6.65. The molecule has 1 rings (SSSR count). The maximum atomic E-state index is 11.6. The van der Waals surface area contributed by atoms with Gasteiger partial charge in [-0.25, -0.2) is 0 Å². The van der Waals surface area contributed by atoms with Crippen molar-refractivity contribution in [3.05, 3.63) is 0 Å². The van der Waals surface area contributed by atoms with Gasteiger partial charge in [-0.15, -0.1) is 0 Å². The third kappa shape index (κ3) is 2.70. The summed E-state index contributed by atoms with van der Waals surface area (Å²) >= 11 is 0. The van der Waals surface area contributed by atoms with Crippen LogP contribution in [0.2, 0.25) is 0 Å². The standard InChI is InChI=1S/C9H15NO4/c1-2-10(6-8(11)12)9(13)7-4-3-5-14-7/h7H,2-6H2,1H3,(H,11,12)/t7-/m0/s1. The summed E-state index contributed by atoms with van der Waals surface area (Å²) in [4.78, 5) is 23.4. The van der Waals surface area contributed by atoms with Crippen LogP contribution >= 0.6 is 0 Å². The number of aliphatic carboxylic acids is 1. The van der Waals surface area contributed by atoms with Crippen LogP contribution in [0.1, 0.15) is 19.8 Å². The number of hydrogen-bond donors (Lipinski definition) is 1. The quantitative estimate of drug-likeness (QED) is 0.700. The van der Waals surface area contributed by atoms with Gasteiger partial charge >= 0.3 is 5.97 Å². The van der Waals surface area contributed by atoms with Gasteiger partial charge in [-0.3, -0.25) is 9.59 Å². The van der Waals surface area contributed by atoms with E-state index in [4.69, 9.17) is 9.84 Å². The summed E-state index contributed by atoms with van der Waals surface area (Å²) in [6.07, 6.45) is 1.16. The van der Waals surface area contributed by atoms with Gasteiger partial charge in [-0.05, 0) is 19.8 Å². The second-order valence-electron chi connectivity index (χ2n) is 3.25. The van der Waals surface area contributed by atoms with Crippen molar-refractivity contribution in [1.29, 1.82) is 0 Å². The SMILES string of the molecule is CCN(CC(=O)O)C(=O)[C@@H]1CCCO1. The number of rotatable bonds is 4. The lowest BCUT2D eigenvalue weighted by Crippen LogP contribution is -2.41. The average Bonchev–Trinajstić information content (AvgIpc) is 2.65. The summed E-state index contributed by atoms with van der Waals surface area (Å²) < 4.78 is 5.19. The van der Waals surface area contributed by atoms with Gasteiger partial charge in [0.2, 0.25) is 0 Å². The maximum Gasteiger partial charge on any atom is 0.323 e. The summed E-state index contributed by atoms with van der Waals surface area (Å²) in [7, 11) is 0. The van der Waals surface area contributed by atoms with Crippen LogP contribution in [0.5, 0.6) is 0 Å². The third-order valence-corrected chi connectivity index (χ3v) is 2.22. The Kier molecular flexibility index (Phi) is 3.88. The number of carboxylic acid groups (broad SMARTS) is 1. The predicted octanol–water partition coefficient (Wildman–Crippen LogP) is 0.0985. The van der Waals surface area contributed by atoms with Crippen molar-refractivity contribution >= 4 is 11.9 Å². The summed E-state index contributed by atoms with van der Waals surface area (Å²) in [6, 6.07) is 0. The molecule has 0 bridgehead atoms. The summed E-state index contributed by atoms with van der Waals surface area (Å²) in [5.74, 6) is -1.19. The zero-order valence-corrected chi connectivity index (χ0v) is 8.23. The number of carbonyl (C=O) groups excluding carboxylic acids is 1. The fourth-order valence-corrected chi connectivity index (χ4v) is 1.48. The zero-order valence-electron chi connectivity index (χ0n) is 8.23. The predicted molar refractivity (Wildman–Crippen MR) is 48.9 cm³/mol. The van der Waals surface area contributed by atoms with Gasteiger partial charge in [0.25, 0.3) is 5.91 Å². The lowest BCUT2D eigenvalue weighted by Gasteiger charge is -2.21. The molecule has 1 N–H and O–H groups in total. The van der Waals surface area contributed by atoms with E-state index in [2.05, 4.69) is 0 Å². The molecule has 1 atom stereocenters. The topological polar surface area (TPSA) is 66.8 Å². The van der Waals surface area contributed by atoms with Crippen molar-refractivity contribution in [2.45, 2.75) is 25.9 Å². The average molecular weight is 201 g/mol. The zero-order chi connectivity index (χ0) is 10.6. The Hall–Kier alpha value is -1.10. The van der Waals surface area contributed by atoms with Crippen molar-refractivity contribution in [3.8, 4) is 0 Å². The fourth-order valence-electron chi connectivity index (χ4n) is 1.48. The molecule has 1 amide bonds. The summed E-state index contributed by atoms with van der Waals surface area (Å²) in [6.45, 7) is 2.52. The number of hydrogen-bond acceptors (Lipinski definition) is 3. The molecule has 0 radical (unpaired) electrons. The normalized spacial score (nSPS) is 20.8. The van der Waals surface area contributed by atoms with Gasteiger partial charge in [-0.2, -0.15) is 0 Å². The first kappa shape index (κ1) is 11.0. The molecule has 14 heavy (non-hydrogen) atoms. The van der Waals surface area contributed by atoms with Crippen molar-refractivity contribution in [2.24, 2.45) is 0 Å². The van der Waals surface area contributed by atoms with Crippen LogP contribution in [0.25, 0.3) is 0 Å². The summed E-state index contributed by atoms with van der Waals surface area (Å²) in [5.41, 5.74) is 0. The minimum absolute atomic E-state index is 0.201. The van der Waals surface area contributed by atoms with E-state index in [1.807, 2.05) is 0 Å². The van der Waals surface area contributed by atoms with Crippen LogP contribution in [0, 0.1) is 0 Å². The van der Waals surface area contributed by atoms with E-state index in [1.54, 1.807) is 6.92 Å². The van der Waals surface area contributed by atoms with E-state index in [0.717, 1.165) is 6.42 Å². The molecule has 5 nitrogen and oxygen atoms in total. The molecule has 1 saturated heterocycles. The highest BCUT2D eigenvalue weighted by Crippen LogP contribution is 2.14. The lowest BCUT2D eigenvalue weighted by atomic mass is 10.2. The number of carbonyl (C=O) groups is 2. The van der Waals surface area contributed by atoms with Crippen LogP contribution in [-0.4, -0.2) is 47.7 Å². The second-order valence-corrected chi connectivity index (χ2v) is 3.25. The van der Waals surface area contributed by atoms with Crippen molar-refractivity contribution in [1.82, 2.24) is 4.90 Å². The lowest BCUT2D eigenvalue weighted by molar-refractivity contribution is -0.148. The molecule has 0 saturated carbocycles. The number of ether oxygens (including phenoxy) is 1. The van der Waals surface area contributed by atoms with E-state index in [9.17, 15) is 9.59 Å². The highest BCUT2D eigenvalue weighted by Gasteiger charge is 2.28. The highest BCUT2D eigenvalue weighted by atomic mass is 16.5. The Morgan fingerprint density at radius 2 is 2.29 bits per heavy atom. The molecule has 1 fully saturated rings. The van der Waals surface area contributed by atoms with Gasteiger partial charge in [-0.1, -0.05) is 0 Å². The molecule has 0 aromatic carbocycles. The molecule has 0 unspecified atom stereocenters. The fraction of sp³-hybridized carbons (Fsp3) is 0.778. The third-order valence-electron chi connectivity index (χ3n) is 2.22. The highest BCUT2D eigenvalue weighted by molar-refractivity contribution is 5.84. The molecular weight excluding hydrogens is 186 g/mol. The van der Waals surface area contributed by atoms with Crippen molar-refractivity contribution in [2.75, 3.05) is 19.7 Å². The molecule has 80 valence electrons. The second kappa shape index (κ2) is 4.95. The molecule has 0 aromatic rings. The van der Waals surface area contributed by atoms with E-state index in [1.165, 1.54) is 4.90 Å². The minimum Gasteiger partial charge on any atom is -0.480 e. The van der Waals surface area contributed by atoms with Gasteiger partial charge < -0.3 is 14.7 Å². The monoisotopic (exact) mass is 201 g/mol. The first-order valence-electron chi connectivity index (χ1n) is 4.77. The van der Waals surface area contributed by atoms with Crippen LogP contribution in [0.3, 0.4) is 0 Å². The molecule has 0 aliphatic carbocycles. The van der Waals surface area contributed by atoms with Gasteiger partial charge in [0.15, 0.2) is 0 Å². The Morgan fingerprint density at radius 1 is 1.57 bits per heavy atom. The number of carboxylic acids is 1. The van der Waals surface area contributed by atoms with E-state index < -0.39 is 12.1 Å². The van der Waals surface area contributed by atoms with Gasteiger partial charge in [0.05, 0.1) is 0 Å². The molecular formula is C9H15NO4. The Labute approximate surface area is 82.6 Å². The number of nitrogens with zero attached hydrogens (tertiary/aromatic N) is 1. The Morgan fingerprint density at radius 3 is 2.71 bits per heavy atom. The smallest absolute Gasteiger partial charge is 0.323 e. The molecule has 0 aromatic heterocycles. The van der Waals surface area contributed by atoms with Crippen molar-refractivity contribution < 1.29 is 19.4 Å². The van der Waals surface area contributed by atoms with Crippen LogP contribution in [0.15, 0.2) is 0 Å². The Bertz CT molecular complexity index is 223. The van der Waals surface area contributed by atoms with Crippen molar-refractivity contribution in [3.63, 3.8) is 0 Å². The summed E-state index contributed by atoms with van der Waals surface area (Å²) in [5, 5.41) is 8.57. The number of amides is 1. The largest absolute Gasteiger partial charge is 0.480 e. The minimum atomic E-state index is -0.988. The number of likely N-dealkylation sites (N-methyl/N-ethyl adjacent to an activating group) is 1. The van der Waals surface area contributed by atoms with Gasteiger partial charge in [0, 0.05) is 13.2 Å². The van der Waals surface area contributed by atoms with Gasteiger partial charge in [0.1, 0.15) is 12.6 Å². The first-order valence-corrected chi connectivity index (χ1v) is 4.77. The molecule has 1 aliphatic rings. The molecule has 1 aliphatic heterocycles. The van der Waals surface area contributed by atoms with Crippen LogP contribution in [-0.2, 0) is 14.3 Å². The van der Waals surface area contributed by atoms with Crippen LogP contribution < -0.4 is 0 Å². The Balaban J connectivity index is 2.50. The molecule has 5 heteroatoms. The van der Waals surface area contributed by atoms with Crippen LogP contribution in [0.4, 0.5) is 0 Å². The van der Waals surface area contributed by atoms with E-state index >= 15 is 0 Å². The maximum absolute atomic E-state index is 11.6. The van der Waals surface area contributed by atoms with E-state index in [-0.39, 0.29) is 12.5 Å². The molecule has 0 spiro atoms. The van der Waals surface area contributed by atoms with E-state index in [0.29, 0.717) is 19.6 Å². The molecule has 1 heterocycles.